The van der Waals surface area contributed by atoms with Crippen LogP contribution in [-0.4, -0.2) is 8.42 Å². The molecule has 0 fully saturated rings. The predicted octanol–water partition coefficient (Wildman–Crippen LogP) is 2.73. The van der Waals surface area contributed by atoms with Gasteiger partial charge in [-0.25, -0.2) is 21.9 Å². The minimum absolute atomic E-state index is 0.0194. The molecular weight excluding hydrogens is 386 g/mol. The maximum absolute atomic E-state index is 13.7. The van der Waals surface area contributed by atoms with Crippen LogP contribution in [0, 0.1) is 11.6 Å². The summed E-state index contributed by atoms with van der Waals surface area (Å²) in [4.78, 5) is -0.00920. The molecule has 0 saturated carbocycles. The topological polar surface area (TPSA) is 72.2 Å². The first-order chi connectivity index (χ1) is 9.85. The number of hydrogen-bond donors (Lipinski definition) is 2. The highest BCUT2D eigenvalue weighted by Crippen LogP contribution is 2.24. The van der Waals surface area contributed by atoms with E-state index in [1.807, 2.05) is 0 Å². The number of hydrogen-bond acceptors (Lipinski definition) is 4. The van der Waals surface area contributed by atoms with Crippen LogP contribution in [0.4, 0.5) is 8.78 Å². The van der Waals surface area contributed by atoms with Crippen molar-refractivity contribution in [1.29, 1.82) is 0 Å². The highest BCUT2D eigenvalue weighted by atomic mass is 79.9. The Balaban J connectivity index is 2.31. The van der Waals surface area contributed by atoms with Crippen LogP contribution in [0.2, 0.25) is 0 Å². The van der Waals surface area contributed by atoms with Gasteiger partial charge in [-0.3, -0.25) is 0 Å². The molecule has 0 unspecified atom stereocenters. The number of rotatable bonds is 5. The van der Waals surface area contributed by atoms with E-state index in [1.165, 1.54) is 11.3 Å². The Hall–Kier alpha value is -0.870. The Morgan fingerprint density at radius 2 is 2.05 bits per heavy atom. The highest BCUT2D eigenvalue weighted by Gasteiger charge is 2.23. The van der Waals surface area contributed by atoms with E-state index in [9.17, 15) is 17.2 Å². The number of halogens is 3. The molecule has 4 nitrogen and oxygen atoms in total. The summed E-state index contributed by atoms with van der Waals surface area (Å²) in [7, 11) is -4.17. The van der Waals surface area contributed by atoms with Gasteiger partial charge in [-0.05, 0) is 45.1 Å². The standard InChI is InChI=1S/C12H11BrF2N2O2S2/c13-8-1-2-20-10(8)6-17-21(18,19)11-4-7(5-16)3-9(14)12(11)15/h1-4,17H,5-6,16H2. The third kappa shape index (κ3) is 3.67. The van der Waals surface area contributed by atoms with Gasteiger partial charge in [0.1, 0.15) is 4.90 Å². The molecule has 0 bridgehead atoms. The van der Waals surface area contributed by atoms with E-state index in [0.29, 0.717) is 0 Å². The van der Waals surface area contributed by atoms with Crippen molar-refractivity contribution >= 4 is 37.3 Å². The van der Waals surface area contributed by atoms with Crippen molar-refractivity contribution in [2.45, 2.75) is 18.0 Å². The molecule has 9 heteroatoms. The van der Waals surface area contributed by atoms with Crippen molar-refractivity contribution in [2.24, 2.45) is 5.73 Å². The quantitative estimate of drug-likeness (QED) is 0.815. The number of nitrogens with one attached hydrogen (secondary N) is 1. The van der Waals surface area contributed by atoms with Crippen LogP contribution in [0.15, 0.2) is 32.9 Å². The molecule has 0 amide bonds. The molecule has 114 valence electrons. The average molecular weight is 397 g/mol. The van der Waals surface area contributed by atoms with Crippen molar-refractivity contribution in [2.75, 3.05) is 0 Å². The van der Waals surface area contributed by atoms with Crippen molar-refractivity contribution in [3.05, 3.63) is 50.1 Å². The molecule has 1 heterocycles. The first kappa shape index (κ1) is 16.5. The predicted molar refractivity (Wildman–Crippen MR) is 80.3 cm³/mol. The van der Waals surface area contributed by atoms with Gasteiger partial charge in [-0.15, -0.1) is 11.3 Å². The van der Waals surface area contributed by atoms with Gasteiger partial charge < -0.3 is 5.73 Å². The van der Waals surface area contributed by atoms with Crippen LogP contribution < -0.4 is 10.5 Å². The number of sulfonamides is 1. The van der Waals surface area contributed by atoms with Gasteiger partial charge in [0.2, 0.25) is 10.0 Å². The molecule has 21 heavy (non-hydrogen) atoms. The lowest BCUT2D eigenvalue weighted by atomic mass is 10.2. The fraction of sp³-hybridized carbons (Fsp3) is 0.167. The normalized spacial score (nSPS) is 11.8. The van der Waals surface area contributed by atoms with E-state index >= 15 is 0 Å². The summed E-state index contributed by atoms with van der Waals surface area (Å²) in [6.07, 6.45) is 0. The van der Waals surface area contributed by atoms with E-state index in [4.69, 9.17) is 5.73 Å². The monoisotopic (exact) mass is 396 g/mol. The number of benzene rings is 1. The fourth-order valence-corrected chi connectivity index (χ4v) is 4.27. The molecule has 0 aliphatic carbocycles. The smallest absolute Gasteiger partial charge is 0.243 e. The first-order valence-corrected chi connectivity index (χ1v) is 8.90. The third-order valence-electron chi connectivity index (χ3n) is 2.69. The number of nitrogens with two attached hydrogens (primary N) is 1. The lowest BCUT2D eigenvalue weighted by Gasteiger charge is -2.09. The van der Waals surface area contributed by atoms with Crippen molar-refractivity contribution in [3.8, 4) is 0 Å². The maximum Gasteiger partial charge on any atom is 0.243 e. The van der Waals surface area contributed by atoms with Crippen LogP contribution >= 0.6 is 27.3 Å². The third-order valence-corrected chi connectivity index (χ3v) is 6.02. The van der Waals surface area contributed by atoms with E-state index in [1.54, 1.807) is 11.4 Å². The van der Waals surface area contributed by atoms with Crippen LogP contribution in [0.25, 0.3) is 0 Å². The van der Waals surface area contributed by atoms with Gasteiger partial charge in [0.25, 0.3) is 0 Å². The molecule has 0 saturated heterocycles. The molecule has 0 aliphatic heterocycles. The van der Waals surface area contributed by atoms with Crippen molar-refractivity contribution in [1.82, 2.24) is 4.72 Å². The Morgan fingerprint density at radius 1 is 1.33 bits per heavy atom. The van der Waals surface area contributed by atoms with Crippen LogP contribution in [0.3, 0.4) is 0 Å². The largest absolute Gasteiger partial charge is 0.326 e. The molecule has 1 aromatic carbocycles. The summed E-state index contributed by atoms with van der Waals surface area (Å²) in [6.45, 7) is -0.106. The van der Waals surface area contributed by atoms with Gasteiger partial charge in [0.05, 0.1) is 0 Å². The van der Waals surface area contributed by atoms with Gasteiger partial charge >= 0.3 is 0 Å². The van der Waals surface area contributed by atoms with Gasteiger partial charge in [-0.2, -0.15) is 0 Å². The number of thiophene rings is 1. The molecule has 0 spiro atoms. The second-order valence-corrected chi connectivity index (χ2v) is 7.70. The second kappa shape index (κ2) is 6.49. The summed E-state index contributed by atoms with van der Waals surface area (Å²) in [5.41, 5.74) is 5.54. The van der Waals surface area contributed by atoms with Crippen molar-refractivity contribution in [3.63, 3.8) is 0 Å². The minimum atomic E-state index is -4.17. The Kier molecular flexibility index (Phi) is 5.10. The van der Waals surface area contributed by atoms with E-state index < -0.39 is 26.6 Å². The zero-order valence-corrected chi connectivity index (χ0v) is 13.8. The van der Waals surface area contributed by atoms with E-state index in [0.717, 1.165) is 21.5 Å². The SMILES string of the molecule is NCc1cc(F)c(F)c(S(=O)(=O)NCc2sccc2Br)c1. The lowest BCUT2D eigenvalue weighted by molar-refractivity contribution is 0.481. The minimum Gasteiger partial charge on any atom is -0.326 e. The van der Waals surface area contributed by atoms with Gasteiger partial charge in [-0.1, -0.05) is 0 Å². The zero-order valence-electron chi connectivity index (χ0n) is 10.6. The molecule has 0 radical (unpaired) electrons. The summed E-state index contributed by atoms with van der Waals surface area (Å²) >= 11 is 4.60. The first-order valence-electron chi connectivity index (χ1n) is 5.74. The van der Waals surface area contributed by atoms with Gasteiger partial charge in [0, 0.05) is 22.4 Å². The fourth-order valence-electron chi connectivity index (χ4n) is 1.62. The molecule has 0 atom stereocenters. The molecular formula is C12H11BrF2N2O2S2. The summed E-state index contributed by atoms with van der Waals surface area (Å²) in [6, 6.07) is 3.68. The Labute approximate surface area is 133 Å². The molecule has 3 N–H and O–H groups in total. The average Bonchev–Trinajstić information content (AvgIpc) is 2.84. The zero-order chi connectivity index (χ0) is 15.6. The highest BCUT2D eigenvalue weighted by molar-refractivity contribution is 9.10. The summed E-state index contributed by atoms with van der Waals surface area (Å²) in [5.74, 6) is -2.65. The molecule has 1 aromatic heterocycles. The summed E-state index contributed by atoms with van der Waals surface area (Å²) < 4.78 is 54.3. The van der Waals surface area contributed by atoms with Crippen LogP contribution in [0.5, 0.6) is 0 Å². The van der Waals surface area contributed by atoms with Crippen LogP contribution in [0.1, 0.15) is 10.4 Å². The van der Waals surface area contributed by atoms with E-state index in [-0.39, 0.29) is 18.7 Å². The lowest BCUT2D eigenvalue weighted by Crippen LogP contribution is -2.24. The molecule has 2 rings (SSSR count). The van der Waals surface area contributed by atoms with E-state index in [2.05, 4.69) is 20.7 Å². The van der Waals surface area contributed by atoms with Gasteiger partial charge in [0.15, 0.2) is 11.6 Å². The molecule has 2 aromatic rings. The maximum atomic E-state index is 13.7. The second-order valence-electron chi connectivity index (χ2n) is 4.11. The van der Waals surface area contributed by atoms with Crippen LogP contribution in [-0.2, 0) is 23.1 Å². The Bertz CT molecular complexity index is 763. The molecule has 0 aliphatic rings. The Morgan fingerprint density at radius 3 is 2.62 bits per heavy atom. The van der Waals surface area contributed by atoms with Crippen molar-refractivity contribution < 1.29 is 17.2 Å². The summed E-state index contributed by atoms with van der Waals surface area (Å²) in [5, 5.41) is 1.78.